The monoisotopic (exact) mass is 597 g/mol. The highest BCUT2D eigenvalue weighted by molar-refractivity contribution is 6.09. The predicted molar refractivity (Wildman–Crippen MR) is 168 cm³/mol. The third-order valence-electron chi connectivity index (χ3n) is 8.19. The molecular formula is C36H39NO7. The van der Waals surface area contributed by atoms with Gasteiger partial charge in [0.1, 0.15) is 24.9 Å². The molecule has 0 aromatic heterocycles. The maximum Gasteiger partial charge on any atom is 0.315 e. The van der Waals surface area contributed by atoms with Crippen LogP contribution in [0.3, 0.4) is 0 Å². The second-order valence-electron chi connectivity index (χ2n) is 10.9. The number of ether oxygens (including phenoxy) is 5. The molecule has 44 heavy (non-hydrogen) atoms. The van der Waals surface area contributed by atoms with Gasteiger partial charge >= 0.3 is 5.97 Å². The van der Waals surface area contributed by atoms with Crippen molar-refractivity contribution in [1.82, 2.24) is 0 Å². The molecule has 230 valence electrons. The van der Waals surface area contributed by atoms with Crippen LogP contribution in [0.4, 0.5) is 0 Å². The van der Waals surface area contributed by atoms with Gasteiger partial charge in [0.25, 0.3) is 0 Å². The lowest BCUT2D eigenvalue weighted by molar-refractivity contribution is -0.148. The summed E-state index contributed by atoms with van der Waals surface area (Å²) in [6.45, 7) is 5.02. The van der Waals surface area contributed by atoms with Crippen molar-refractivity contribution < 1.29 is 33.3 Å². The van der Waals surface area contributed by atoms with Crippen LogP contribution < -0.4 is 14.2 Å². The van der Waals surface area contributed by atoms with E-state index < -0.39 is 17.8 Å². The molecule has 0 saturated heterocycles. The van der Waals surface area contributed by atoms with Gasteiger partial charge in [-0.1, -0.05) is 54.6 Å². The number of allylic oxidation sites excluding steroid dienone is 2. The maximum atomic E-state index is 14.1. The summed E-state index contributed by atoms with van der Waals surface area (Å²) in [4.78, 5) is 32.7. The van der Waals surface area contributed by atoms with E-state index >= 15 is 0 Å². The van der Waals surface area contributed by atoms with E-state index in [9.17, 15) is 9.59 Å². The first-order chi connectivity index (χ1) is 21.4. The Morgan fingerprint density at radius 2 is 1.64 bits per heavy atom. The van der Waals surface area contributed by atoms with Crippen molar-refractivity contribution in [3.8, 4) is 17.2 Å². The van der Waals surface area contributed by atoms with E-state index in [2.05, 4.69) is 0 Å². The largest absolute Gasteiger partial charge is 0.493 e. The zero-order chi connectivity index (χ0) is 31.1. The second-order valence-corrected chi connectivity index (χ2v) is 10.9. The third kappa shape index (κ3) is 6.70. The van der Waals surface area contributed by atoms with E-state index in [4.69, 9.17) is 28.7 Å². The summed E-state index contributed by atoms with van der Waals surface area (Å²) in [5.74, 6) is -0.110. The van der Waals surface area contributed by atoms with Crippen molar-refractivity contribution in [2.24, 2.45) is 10.9 Å². The number of hydrogen-bond acceptors (Lipinski definition) is 8. The van der Waals surface area contributed by atoms with E-state index in [1.165, 1.54) is 0 Å². The smallest absolute Gasteiger partial charge is 0.315 e. The predicted octanol–water partition coefficient (Wildman–Crippen LogP) is 6.44. The summed E-state index contributed by atoms with van der Waals surface area (Å²) in [6.07, 6.45) is 0.822. The number of ketones is 1. The standard InChI is InChI=1S/C36H39NO7/c1-5-42-17-18-43-36(39)33-23(2)37-28-19-26(25-15-16-31(40-3)32(21-25)41-4)20-29(38)35(28)34(33)27-13-9-10-14-30(27)44-22-24-11-7-6-8-12-24/h6-16,21,26,33-34H,5,17-20,22H2,1-4H3/t26-,33?,34+/m1/s1. The van der Waals surface area contributed by atoms with Gasteiger partial charge in [-0.3, -0.25) is 14.6 Å². The molecule has 1 unspecified atom stereocenters. The van der Waals surface area contributed by atoms with E-state index in [0.717, 1.165) is 16.7 Å². The molecule has 2 aliphatic rings. The molecule has 3 atom stereocenters. The Morgan fingerprint density at radius 1 is 0.886 bits per heavy atom. The number of para-hydroxylation sites is 1. The quantitative estimate of drug-likeness (QED) is 0.175. The summed E-state index contributed by atoms with van der Waals surface area (Å²) in [5, 5.41) is 0. The van der Waals surface area contributed by atoms with E-state index in [1.807, 2.05) is 86.6 Å². The molecular weight excluding hydrogens is 558 g/mol. The van der Waals surface area contributed by atoms with Gasteiger partial charge in [0.15, 0.2) is 17.3 Å². The van der Waals surface area contributed by atoms with Gasteiger partial charge in [-0.25, -0.2) is 0 Å². The fourth-order valence-electron chi connectivity index (χ4n) is 6.08. The maximum absolute atomic E-state index is 14.1. The van der Waals surface area contributed by atoms with E-state index in [0.29, 0.717) is 60.5 Å². The van der Waals surface area contributed by atoms with Crippen molar-refractivity contribution in [1.29, 1.82) is 0 Å². The normalized spacial score (nSPS) is 19.6. The molecule has 8 nitrogen and oxygen atoms in total. The molecule has 3 aromatic carbocycles. The van der Waals surface area contributed by atoms with Gasteiger partial charge in [-0.05, 0) is 55.5 Å². The van der Waals surface area contributed by atoms with Crippen LogP contribution in [-0.2, 0) is 25.7 Å². The molecule has 1 aliphatic carbocycles. The summed E-state index contributed by atoms with van der Waals surface area (Å²) >= 11 is 0. The first kappa shape index (κ1) is 31.0. The van der Waals surface area contributed by atoms with Crippen molar-refractivity contribution in [3.05, 3.63) is 101 Å². The lowest BCUT2D eigenvalue weighted by Crippen LogP contribution is -2.38. The van der Waals surface area contributed by atoms with Crippen molar-refractivity contribution >= 4 is 17.5 Å². The van der Waals surface area contributed by atoms with Gasteiger partial charge in [0, 0.05) is 41.5 Å². The Kier molecular flexibility index (Phi) is 10.1. The molecule has 0 bridgehead atoms. The molecule has 1 aliphatic heterocycles. The van der Waals surface area contributed by atoms with Crippen LogP contribution in [0.1, 0.15) is 55.2 Å². The van der Waals surface area contributed by atoms with Gasteiger partial charge in [0.2, 0.25) is 0 Å². The number of Topliss-reactive ketones (excluding diaryl/α,β-unsaturated/α-hetero) is 1. The number of esters is 1. The highest BCUT2D eigenvalue weighted by atomic mass is 16.6. The minimum atomic E-state index is -0.779. The van der Waals surface area contributed by atoms with Gasteiger partial charge in [0.05, 0.1) is 20.8 Å². The number of nitrogens with zero attached hydrogens (tertiary/aromatic N) is 1. The summed E-state index contributed by atoms with van der Waals surface area (Å²) in [7, 11) is 3.19. The Morgan fingerprint density at radius 3 is 2.39 bits per heavy atom. The van der Waals surface area contributed by atoms with E-state index in [1.54, 1.807) is 14.2 Å². The van der Waals surface area contributed by atoms with Crippen molar-refractivity contribution in [2.75, 3.05) is 34.0 Å². The fourth-order valence-corrected chi connectivity index (χ4v) is 6.08. The first-order valence-electron chi connectivity index (χ1n) is 15.0. The molecule has 0 amide bonds. The molecule has 3 aromatic rings. The van der Waals surface area contributed by atoms with Crippen molar-refractivity contribution in [2.45, 2.75) is 45.1 Å². The van der Waals surface area contributed by atoms with Crippen LogP contribution in [0.2, 0.25) is 0 Å². The molecule has 0 N–H and O–H groups in total. The Hall–Kier alpha value is -4.43. The van der Waals surface area contributed by atoms with Crippen LogP contribution >= 0.6 is 0 Å². The van der Waals surface area contributed by atoms with Crippen LogP contribution in [0, 0.1) is 5.92 Å². The molecule has 8 heteroatoms. The van der Waals surface area contributed by atoms with E-state index in [-0.39, 0.29) is 24.7 Å². The van der Waals surface area contributed by atoms with Gasteiger partial charge in [-0.2, -0.15) is 0 Å². The Balaban J connectivity index is 1.53. The van der Waals surface area contributed by atoms with Crippen LogP contribution in [0.25, 0.3) is 0 Å². The number of methoxy groups -OCH3 is 2. The van der Waals surface area contributed by atoms with Crippen LogP contribution in [-0.4, -0.2) is 51.5 Å². The number of carbonyl (C=O) groups excluding carboxylic acids is 2. The molecule has 0 radical (unpaired) electrons. The lowest BCUT2D eigenvalue weighted by atomic mass is 9.69. The third-order valence-corrected chi connectivity index (χ3v) is 8.19. The Bertz CT molecular complexity index is 1550. The van der Waals surface area contributed by atoms with Crippen LogP contribution in [0.15, 0.2) is 89.1 Å². The molecule has 0 spiro atoms. The number of carbonyl (C=O) groups is 2. The van der Waals surface area contributed by atoms with Crippen molar-refractivity contribution in [3.63, 3.8) is 0 Å². The highest BCUT2D eigenvalue weighted by Crippen LogP contribution is 2.49. The number of rotatable bonds is 12. The summed E-state index contributed by atoms with van der Waals surface area (Å²) in [5.41, 5.74) is 4.59. The Labute approximate surface area is 258 Å². The van der Waals surface area contributed by atoms with Gasteiger partial charge in [-0.15, -0.1) is 0 Å². The highest BCUT2D eigenvalue weighted by Gasteiger charge is 2.45. The van der Waals surface area contributed by atoms with Gasteiger partial charge < -0.3 is 23.7 Å². The zero-order valence-electron chi connectivity index (χ0n) is 25.7. The topological polar surface area (TPSA) is 92.7 Å². The lowest BCUT2D eigenvalue weighted by Gasteiger charge is -2.37. The van der Waals surface area contributed by atoms with Crippen LogP contribution in [0.5, 0.6) is 17.2 Å². The number of aliphatic imine (C=N–C) groups is 1. The first-order valence-corrected chi connectivity index (χ1v) is 15.0. The number of hydrogen-bond donors (Lipinski definition) is 0. The summed E-state index contributed by atoms with van der Waals surface area (Å²) < 4.78 is 28.3. The summed E-state index contributed by atoms with van der Waals surface area (Å²) in [6, 6.07) is 23.2. The average molecular weight is 598 g/mol. The average Bonchev–Trinajstić information content (AvgIpc) is 3.05. The minimum absolute atomic E-state index is 0.0442. The SMILES string of the molecule is CCOCCOC(=O)C1C(C)=NC2=C(C(=O)C[C@H](c3ccc(OC)c(OC)c3)C2)[C@H]1c1ccccc1OCc1ccccc1. The molecule has 5 rings (SSSR count). The fraction of sp³-hybridized carbons (Fsp3) is 0.361. The molecule has 0 saturated carbocycles. The zero-order valence-corrected chi connectivity index (χ0v) is 25.7. The second kappa shape index (κ2) is 14.4. The number of benzene rings is 3. The minimum Gasteiger partial charge on any atom is -0.493 e. The molecule has 1 heterocycles. The molecule has 0 fully saturated rings.